The summed E-state index contributed by atoms with van der Waals surface area (Å²) in [5, 5.41) is -0.604. The number of hydrogen-bond donors (Lipinski definition) is 0. The van der Waals surface area contributed by atoms with E-state index in [0.717, 1.165) is 19.3 Å². The fraction of sp³-hybridized carbons (Fsp3) is 0.789. The second kappa shape index (κ2) is 8.37. The second-order valence-electron chi connectivity index (χ2n) is 8.40. The van der Waals surface area contributed by atoms with Gasteiger partial charge in [0.1, 0.15) is 16.6 Å². The van der Waals surface area contributed by atoms with Crippen LogP contribution in [-0.4, -0.2) is 28.5 Å². The van der Waals surface area contributed by atoms with Gasteiger partial charge in [-0.15, -0.1) is 11.6 Å². The zero-order valence-electron chi connectivity index (χ0n) is 15.7. The Morgan fingerprint density at radius 2 is 1.71 bits per heavy atom. The molecular weight excluding hydrogens is 328 g/mol. The van der Waals surface area contributed by atoms with Gasteiger partial charge >= 0.3 is 11.9 Å². The number of carbonyl (C=O) groups excluding carboxylic acids is 2. The first-order valence-corrected chi connectivity index (χ1v) is 9.09. The molecule has 0 heterocycles. The van der Waals surface area contributed by atoms with Crippen LogP contribution in [-0.2, 0) is 19.1 Å². The molecule has 1 saturated carbocycles. The molecule has 0 bridgehead atoms. The molecule has 1 aliphatic rings. The maximum Gasteiger partial charge on any atom is 0.324 e. The third-order valence-electron chi connectivity index (χ3n) is 3.42. The van der Waals surface area contributed by atoms with Gasteiger partial charge in [0.2, 0.25) is 0 Å². The Balaban J connectivity index is 2.19. The number of carbonyl (C=O) groups is 2. The van der Waals surface area contributed by atoms with E-state index in [1.165, 1.54) is 0 Å². The van der Waals surface area contributed by atoms with Crippen LogP contribution in [0.1, 0.15) is 67.2 Å². The minimum atomic E-state index is -0.604. The van der Waals surface area contributed by atoms with E-state index in [1.807, 2.05) is 41.5 Å². The molecule has 0 aromatic rings. The number of alkyl halides is 1. The Kier molecular flexibility index (Phi) is 7.33. The molecule has 138 valence electrons. The fourth-order valence-corrected chi connectivity index (χ4v) is 2.44. The maximum atomic E-state index is 11.9. The number of allylic oxidation sites excluding steroid dienone is 2. The zero-order chi connectivity index (χ0) is 18.5. The zero-order valence-corrected chi connectivity index (χ0v) is 16.5. The molecule has 24 heavy (non-hydrogen) atoms. The van der Waals surface area contributed by atoms with Crippen LogP contribution < -0.4 is 0 Å². The van der Waals surface area contributed by atoms with Gasteiger partial charge in [0.05, 0.1) is 5.92 Å². The molecule has 0 aliphatic heterocycles. The molecule has 5 heteroatoms. The van der Waals surface area contributed by atoms with Gasteiger partial charge in [-0.3, -0.25) is 9.59 Å². The molecule has 3 atom stereocenters. The molecule has 0 spiro atoms. The highest BCUT2D eigenvalue weighted by Gasteiger charge is 2.43. The second-order valence-corrected chi connectivity index (χ2v) is 8.93. The van der Waals surface area contributed by atoms with Crippen molar-refractivity contribution in [2.24, 2.45) is 11.8 Å². The molecule has 0 aromatic heterocycles. The third-order valence-corrected chi connectivity index (χ3v) is 3.82. The summed E-state index contributed by atoms with van der Waals surface area (Å²) >= 11 is 6.06. The predicted molar refractivity (Wildman–Crippen MR) is 95.9 cm³/mol. The molecule has 1 rings (SSSR count). The van der Waals surface area contributed by atoms with Crippen molar-refractivity contribution >= 4 is 23.5 Å². The summed E-state index contributed by atoms with van der Waals surface area (Å²) in [5.41, 5.74) is -0.933. The summed E-state index contributed by atoms with van der Waals surface area (Å²) in [6.07, 6.45) is 7.23. The smallest absolute Gasteiger partial charge is 0.324 e. The topological polar surface area (TPSA) is 52.6 Å². The summed E-state index contributed by atoms with van der Waals surface area (Å²) in [5.74, 6) is -0.177. The average Bonchev–Trinajstić information content (AvgIpc) is 3.13. The Hall–Kier alpha value is -1.03. The van der Waals surface area contributed by atoms with Crippen LogP contribution in [0.3, 0.4) is 0 Å². The number of rotatable bonds is 7. The first-order valence-electron chi connectivity index (χ1n) is 8.65. The molecule has 4 nitrogen and oxygen atoms in total. The largest absolute Gasteiger partial charge is 0.460 e. The first-order chi connectivity index (χ1) is 10.9. The standard InChI is InChI=1S/C19H31ClO4/c1-18(2,3)23-16(21)14-12-13(14)10-8-7-9-11-15(20)17(22)24-19(4,5)6/h8,10,13-15H,7,9,11-12H2,1-6H3/b10-8+. The summed E-state index contributed by atoms with van der Waals surface area (Å²) in [7, 11) is 0. The van der Waals surface area contributed by atoms with Gasteiger partial charge in [0, 0.05) is 0 Å². The highest BCUT2D eigenvalue weighted by molar-refractivity contribution is 6.29. The Labute approximate surface area is 150 Å². The van der Waals surface area contributed by atoms with E-state index in [4.69, 9.17) is 21.1 Å². The quantitative estimate of drug-likeness (QED) is 0.288. The predicted octanol–water partition coefficient (Wildman–Crippen LogP) is 4.64. The summed E-state index contributed by atoms with van der Waals surface area (Å²) in [6, 6.07) is 0. The van der Waals surface area contributed by atoms with Crippen molar-refractivity contribution in [3.05, 3.63) is 12.2 Å². The van der Waals surface area contributed by atoms with Crippen molar-refractivity contribution in [1.29, 1.82) is 0 Å². The van der Waals surface area contributed by atoms with Crippen molar-refractivity contribution in [3.8, 4) is 0 Å². The van der Waals surface area contributed by atoms with Gasteiger partial charge in [0.25, 0.3) is 0 Å². The van der Waals surface area contributed by atoms with Crippen LogP contribution in [0.15, 0.2) is 12.2 Å². The molecule has 0 amide bonds. The Morgan fingerprint density at radius 3 is 2.25 bits per heavy atom. The van der Waals surface area contributed by atoms with E-state index in [-0.39, 0.29) is 23.8 Å². The van der Waals surface area contributed by atoms with Gasteiger partial charge in [-0.25, -0.2) is 0 Å². The summed E-state index contributed by atoms with van der Waals surface area (Å²) < 4.78 is 10.6. The molecular formula is C19H31ClO4. The van der Waals surface area contributed by atoms with E-state index in [9.17, 15) is 9.59 Å². The van der Waals surface area contributed by atoms with E-state index >= 15 is 0 Å². The number of unbranched alkanes of at least 4 members (excludes halogenated alkanes) is 1. The molecule has 3 unspecified atom stereocenters. The molecule has 0 aromatic carbocycles. The van der Waals surface area contributed by atoms with Crippen LogP contribution in [0.2, 0.25) is 0 Å². The van der Waals surface area contributed by atoms with Gasteiger partial charge in [-0.05, 0) is 73.1 Å². The summed E-state index contributed by atoms with van der Waals surface area (Å²) in [4.78, 5) is 23.6. The first kappa shape index (κ1) is 21.0. The van der Waals surface area contributed by atoms with Crippen LogP contribution in [0, 0.1) is 11.8 Å². The highest BCUT2D eigenvalue weighted by Crippen LogP contribution is 2.41. The van der Waals surface area contributed by atoms with Crippen molar-refractivity contribution in [1.82, 2.24) is 0 Å². The Bertz CT molecular complexity index is 471. The van der Waals surface area contributed by atoms with E-state index < -0.39 is 16.6 Å². The number of hydrogen-bond acceptors (Lipinski definition) is 4. The van der Waals surface area contributed by atoms with E-state index in [2.05, 4.69) is 12.2 Å². The van der Waals surface area contributed by atoms with Crippen molar-refractivity contribution in [3.63, 3.8) is 0 Å². The monoisotopic (exact) mass is 358 g/mol. The lowest BCUT2D eigenvalue weighted by Gasteiger charge is -2.21. The Morgan fingerprint density at radius 1 is 1.12 bits per heavy atom. The van der Waals surface area contributed by atoms with E-state index in [0.29, 0.717) is 6.42 Å². The normalized spacial score (nSPS) is 22.3. The van der Waals surface area contributed by atoms with Crippen LogP contribution in [0.25, 0.3) is 0 Å². The number of halogens is 1. The van der Waals surface area contributed by atoms with Crippen molar-refractivity contribution < 1.29 is 19.1 Å². The SMILES string of the molecule is CC(C)(C)OC(=O)C(Cl)CCC/C=C/C1CC1C(=O)OC(C)(C)C. The lowest BCUT2D eigenvalue weighted by molar-refractivity contribution is -0.157. The minimum Gasteiger partial charge on any atom is -0.460 e. The van der Waals surface area contributed by atoms with Gasteiger partial charge in [-0.1, -0.05) is 12.2 Å². The minimum absolute atomic E-state index is 0.00279. The highest BCUT2D eigenvalue weighted by atomic mass is 35.5. The molecule has 0 saturated heterocycles. The average molecular weight is 359 g/mol. The van der Waals surface area contributed by atoms with Gasteiger partial charge in [0.15, 0.2) is 0 Å². The fourth-order valence-electron chi connectivity index (χ4n) is 2.25. The summed E-state index contributed by atoms with van der Waals surface area (Å²) in [6.45, 7) is 11.1. The van der Waals surface area contributed by atoms with Crippen LogP contribution in [0.5, 0.6) is 0 Å². The van der Waals surface area contributed by atoms with Gasteiger partial charge in [-0.2, -0.15) is 0 Å². The van der Waals surface area contributed by atoms with Crippen LogP contribution in [0.4, 0.5) is 0 Å². The molecule has 0 N–H and O–H groups in total. The molecule has 0 radical (unpaired) electrons. The number of ether oxygens (including phenoxy) is 2. The van der Waals surface area contributed by atoms with Crippen LogP contribution >= 0.6 is 11.6 Å². The number of esters is 2. The lowest BCUT2D eigenvalue weighted by Crippen LogP contribution is -2.29. The van der Waals surface area contributed by atoms with Crippen molar-refractivity contribution in [2.75, 3.05) is 0 Å². The van der Waals surface area contributed by atoms with Gasteiger partial charge < -0.3 is 9.47 Å². The van der Waals surface area contributed by atoms with E-state index in [1.54, 1.807) is 0 Å². The third kappa shape index (κ3) is 8.72. The molecule has 1 aliphatic carbocycles. The molecule has 1 fully saturated rings. The lowest BCUT2D eigenvalue weighted by atomic mass is 10.1. The maximum absolute atomic E-state index is 11.9. The van der Waals surface area contributed by atoms with Crippen molar-refractivity contribution in [2.45, 2.75) is 83.8 Å².